The van der Waals surface area contributed by atoms with Crippen molar-refractivity contribution in [1.82, 2.24) is 5.32 Å². The lowest BCUT2D eigenvalue weighted by atomic mass is 10.1. The van der Waals surface area contributed by atoms with E-state index in [2.05, 4.69) is 5.32 Å². The molecule has 0 bridgehead atoms. The van der Waals surface area contributed by atoms with Gasteiger partial charge in [0.25, 0.3) is 5.91 Å². The van der Waals surface area contributed by atoms with Gasteiger partial charge in [-0.25, -0.2) is 0 Å². The third-order valence-corrected chi connectivity index (χ3v) is 2.88. The van der Waals surface area contributed by atoms with Crippen molar-refractivity contribution in [2.45, 2.75) is 19.4 Å². The molecule has 0 saturated carbocycles. The highest BCUT2D eigenvalue weighted by molar-refractivity contribution is 6.42. The van der Waals surface area contributed by atoms with Crippen LogP contribution in [0.5, 0.6) is 0 Å². The number of nitrogens with two attached hydrogens (primary N) is 1. The zero-order valence-electron chi connectivity index (χ0n) is 9.18. The predicted molar refractivity (Wildman–Crippen MR) is 67.1 cm³/mol. The van der Waals surface area contributed by atoms with Crippen LogP contribution in [-0.2, 0) is 0 Å². The number of carbonyl (C=O) groups is 1. The number of carbonyl (C=O) groups excluding carboxylic acids is 1. The van der Waals surface area contributed by atoms with Crippen molar-refractivity contribution < 1.29 is 4.79 Å². The number of nitrogens with one attached hydrogen (secondary N) is 1. The fourth-order valence-electron chi connectivity index (χ4n) is 1.07. The van der Waals surface area contributed by atoms with Crippen molar-refractivity contribution >= 4 is 29.1 Å². The molecule has 3 nitrogen and oxygen atoms in total. The molecule has 1 rings (SSSR count). The number of hydrogen-bond acceptors (Lipinski definition) is 2. The van der Waals surface area contributed by atoms with Gasteiger partial charge in [0.2, 0.25) is 0 Å². The van der Waals surface area contributed by atoms with Crippen LogP contribution in [0.3, 0.4) is 0 Å². The lowest BCUT2D eigenvalue weighted by Gasteiger charge is -2.24. The van der Waals surface area contributed by atoms with E-state index in [0.29, 0.717) is 22.2 Å². The maximum atomic E-state index is 11.8. The van der Waals surface area contributed by atoms with Gasteiger partial charge < -0.3 is 11.1 Å². The van der Waals surface area contributed by atoms with E-state index in [1.165, 1.54) is 6.07 Å². The van der Waals surface area contributed by atoms with Crippen LogP contribution < -0.4 is 11.1 Å². The van der Waals surface area contributed by atoms with E-state index in [9.17, 15) is 4.79 Å². The second kappa shape index (κ2) is 5.04. The summed E-state index contributed by atoms with van der Waals surface area (Å²) in [5.74, 6) is -0.214. The Morgan fingerprint density at radius 3 is 2.50 bits per heavy atom. The molecule has 0 atom stereocenters. The van der Waals surface area contributed by atoms with Crippen LogP contribution in [0.1, 0.15) is 24.2 Å². The van der Waals surface area contributed by atoms with Gasteiger partial charge in [0, 0.05) is 17.6 Å². The first-order valence-corrected chi connectivity index (χ1v) is 5.59. The van der Waals surface area contributed by atoms with Gasteiger partial charge in [-0.15, -0.1) is 0 Å². The highest BCUT2D eigenvalue weighted by atomic mass is 35.5. The van der Waals surface area contributed by atoms with Crippen molar-refractivity contribution in [1.29, 1.82) is 0 Å². The maximum absolute atomic E-state index is 11.8. The summed E-state index contributed by atoms with van der Waals surface area (Å²) >= 11 is 11.6. The van der Waals surface area contributed by atoms with Gasteiger partial charge in [0.05, 0.1) is 10.0 Å². The van der Waals surface area contributed by atoms with Crippen LogP contribution in [-0.4, -0.2) is 18.0 Å². The second-order valence-corrected chi connectivity index (χ2v) is 4.99. The third-order valence-electron chi connectivity index (χ3n) is 2.14. The molecule has 88 valence electrons. The Bertz CT molecular complexity index is 405. The van der Waals surface area contributed by atoms with Gasteiger partial charge >= 0.3 is 0 Å². The van der Waals surface area contributed by atoms with E-state index in [1.54, 1.807) is 12.1 Å². The Labute approximate surface area is 105 Å². The zero-order valence-corrected chi connectivity index (χ0v) is 10.7. The predicted octanol–water partition coefficient (Wildman–Crippen LogP) is 2.46. The van der Waals surface area contributed by atoms with Crippen molar-refractivity contribution in [2.24, 2.45) is 5.73 Å². The van der Waals surface area contributed by atoms with Crippen molar-refractivity contribution in [3.8, 4) is 0 Å². The van der Waals surface area contributed by atoms with Crippen LogP contribution in [0.4, 0.5) is 0 Å². The molecular formula is C11H14Cl2N2O. The van der Waals surface area contributed by atoms with E-state index in [4.69, 9.17) is 28.9 Å². The van der Waals surface area contributed by atoms with E-state index in [1.807, 2.05) is 13.8 Å². The molecule has 0 radical (unpaired) electrons. The van der Waals surface area contributed by atoms with Crippen molar-refractivity contribution in [3.05, 3.63) is 33.8 Å². The molecule has 0 fully saturated rings. The van der Waals surface area contributed by atoms with Crippen LogP contribution >= 0.6 is 23.2 Å². The summed E-state index contributed by atoms with van der Waals surface area (Å²) in [4.78, 5) is 11.8. The highest BCUT2D eigenvalue weighted by Gasteiger charge is 2.19. The summed E-state index contributed by atoms with van der Waals surface area (Å²) in [5, 5.41) is 3.59. The minimum absolute atomic E-state index is 0.214. The van der Waals surface area contributed by atoms with Gasteiger partial charge in [-0.2, -0.15) is 0 Å². The number of hydrogen-bond donors (Lipinski definition) is 2. The molecule has 0 heterocycles. The van der Waals surface area contributed by atoms with Crippen LogP contribution in [0.25, 0.3) is 0 Å². The molecule has 0 unspecified atom stereocenters. The van der Waals surface area contributed by atoms with Gasteiger partial charge in [-0.3, -0.25) is 4.79 Å². The lowest BCUT2D eigenvalue weighted by molar-refractivity contribution is 0.0916. The summed E-state index contributed by atoms with van der Waals surface area (Å²) in [6, 6.07) is 4.75. The molecule has 1 aromatic rings. The molecule has 3 N–H and O–H groups in total. The standard InChI is InChI=1S/C11H14Cl2N2O/c1-11(2,6-14)15-10(16)7-3-4-8(12)9(13)5-7/h3-5H,6,14H2,1-2H3,(H,15,16). The SMILES string of the molecule is CC(C)(CN)NC(=O)c1ccc(Cl)c(Cl)c1. The molecule has 0 aliphatic rings. The molecule has 16 heavy (non-hydrogen) atoms. The average molecular weight is 261 g/mol. The van der Waals surface area contributed by atoms with Crippen molar-refractivity contribution in [3.63, 3.8) is 0 Å². The van der Waals surface area contributed by atoms with Crippen LogP contribution in [0.2, 0.25) is 10.0 Å². The molecule has 1 aromatic carbocycles. The third kappa shape index (κ3) is 3.37. The first-order chi connectivity index (χ1) is 7.35. The summed E-state index contributed by atoms with van der Waals surface area (Å²) in [5.41, 5.74) is 5.55. The van der Waals surface area contributed by atoms with Crippen LogP contribution in [0, 0.1) is 0 Å². The normalized spacial score (nSPS) is 11.3. The number of rotatable bonds is 3. The van der Waals surface area contributed by atoms with E-state index >= 15 is 0 Å². The second-order valence-electron chi connectivity index (χ2n) is 4.17. The zero-order chi connectivity index (χ0) is 12.3. The number of benzene rings is 1. The molecule has 0 spiro atoms. The maximum Gasteiger partial charge on any atom is 0.251 e. The molecular weight excluding hydrogens is 247 g/mol. The first kappa shape index (κ1) is 13.3. The fourth-order valence-corrected chi connectivity index (χ4v) is 1.37. The topological polar surface area (TPSA) is 55.1 Å². The molecule has 0 aliphatic heterocycles. The molecule has 0 aromatic heterocycles. The molecule has 1 amide bonds. The molecule has 0 saturated heterocycles. The van der Waals surface area contributed by atoms with Gasteiger partial charge in [-0.1, -0.05) is 23.2 Å². The quantitative estimate of drug-likeness (QED) is 0.878. The summed E-state index contributed by atoms with van der Waals surface area (Å²) in [6.45, 7) is 4.06. The Hall–Kier alpha value is -0.770. The summed E-state index contributed by atoms with van der Waals surface area (Å²) in [7, 11) is 0. The van der Waals surface area contributed by atoms with E-state index in [-0.39, 0.29) is 5.91 Å². The first-order valence-electron chi connectivity index (χ1n) is 4.83. The Kier molecular flexibility index (Phi) is 4.19. The Morgan fingerprint density at radius 2 is 2.00 bits per heavy atom. The monoisotopic (exact) mass is 260 g/mol. The number of amides is 1. The summed E-state index contributed by atoms with van der Waals surface area (Å²) in [6.07, 6.45) is 0. The Morgan fingerprint density at radius 1 is 1.38 bits per heavy atom. The summed E-state index contributed by atoms with van der Waals surface area (Å²) < 4.78 is 0. The average Bonchev–Trinajstić information content (AvgIpc) is 2.21. The number of halogens is 2. The fraction of sp³-hybridized carbons (Fsp3) is 0.364. The largest absolute Gasteiger partial charge is 0.346 e. The van der Waals surface area contributed by atoms with Gasteiger partial charge in [0.1, 0.15) is 0 Å². The minimum Gasteiger partial charge on any atom is -0.346 e. The highest BCUT2D eigenvalue weighted by Crippen LogP contribution is 2.22. The van der Waals surface area contributed by atoms with Gasteiger partial charge in [-0.05, 0) is 32.0 Å². The molecule has 5 heteroatoms. The van der Waals surface area contributed by atoms with E-state index in [0.717, 1.165) is 0 Å². The Balaban J connectivity index is 2.85. The van der Waals surface area contributed by atoms with Crippen LogP contribution in [0.15, 0.2) is 18.2 Å². The molecule has 0 aliphatic carbocycles. The van der Waals surface area contributed by atoms with Crippen molar-refractivity contribution in [2.75, 3.05) is 6.54 Å². The smallest absolute Gasteiger partial charge is 0.251 e. The lowest BCUT2D eigenvalue weighted by Crippen LogP contribution is -2.48. The minimum atomic E-state index is -0.441. The van der Waals surface area contributed by atoms with E-state index < -0.39 is 5.54 Å². The van der Waals surface area contributed by atoms with Gasteiger partial charge in [0.15, 0.2) is 0 Å².